The predicted octanol–water partition coefficient (Wildman–Crippen LogP) is 2.92. The van der Waals surface area contributed by atoms with Crippen molar-refractivity contribution in [2.24, 2.45) is 5.41 Å². The average molecular weight is 235 g/mol. The van der Waals surface area contributed by atoms with Crippen LogP contribution in [0.3, 0.4) is 0 Å². The Hall–Kier alpha value is -0.830. The molecule has 1 aliphatic rings. The highest BCUT2D eigenvalue weighted by Gasteiger charge is 2.31. The number of nitrogens with zero attached hydrogens (tertiary/aromatic N) is 2. The van der Waals surface area contributed by atoms with Gasteiger partial charge in [-0.1, -0.05) is 19.8 Å². The van der Waals surface area contributed by atoms with E-state index in [-0.39, 0.29) is 5.54 Å². The van der Waals surface area contributed by atoms with Crippen LogP contribution in [0.5, 0.6) is 0 Å². The summed E-state index contributed by atoms with van der Waals surface area (Å²) >= 11 is 0. The minimum absolute atomic E-state index is 0.00847. The first-order chi connectivity index (χ1) is 7.97. The topological polar surface area (TPSA) is 29.9 Å². The highest BCUT2D eigenvalue weighted by Crippen LogP contribution is 2.39. The second-order valence-electron chi connectivity index (χ2n) is 6.30. The maximum absolute atomic E-state index is 4.33. The Balaban J connectivity index is 2.20. The normalized spacial score (nSPS) is 19.8. The molecule has 1 saturated carbocycles. The van der Waals surface area contributed by atoms with Crippen LogP contribution in [0.25, 0.3) is 0 Å². The van der Waals surface area contributed by atoms with E-state index < -0.39 is 0 Å². The first-order valence-corrected chi connectivity index (χ1v) is 6.66. The van der Waals surface area contributed by atoms with Crippen LogP contribution in [0.15, 0.2) is 12.5 Å². The van der Waals surface area contributed by atoms with Gasteiger partial charge in [0.15, 0.2) is 0 Å². The summed E-state index contributed by atoms with van der Waals surface area (Å²) in [6.45, 7) is 7.93. The van der Waals surface area contributed by atoms with Gasteiger partial charge in [-0.3, -0.25) is 0 Å². The first kappa shape index (κ1) is 12.6. The molecule has 0 saturated heterocycles. The standard InChI is InChI=1S/C14H25N3/c1-13(2,15-4)12-9-16-11-17(12)10-14(3)7-5-6-8-14/h9,11,15H,5-8,10H2,1-4H3. The van der Waals surface area contributed by atoms with E-state index in [2.05, 4.69) is 35.6 Å². The van der Waals surface area contributed by atoms with Gasteiger partial charge in [-0.2, -0.15) is 0 Å². The fraction of sp³-hybridized carbons (Fsp3) is 0.786. The summed E-state index contributed by atoms with van der Waals surface area (Å²) in [5.41, 5.74) is 1.75. The number of nitrogens with one attached hydrogen (secondary N) is 1. The van der Waals surface area contributed by atoms with Crippen molar-refractivity contribution in [1.82, 2.24) is 14.9 Å². The van der Waals surface area contributed by atoms with E-state index in [9.17, 15) is 0 Å². The van der Waals surface area contributed by atoms with E-state index in [1.807, 2.05) is 19.6 Å². The van der Waals surface area contributed by atoms with Crippen molar-refractivity contribution >= 4 is 0 Å². The first-order valence-electron chi connectivity index (χ1n) is 6.66. The van der Waals surface area contributed by atoms with E-state index >= 15 is 0 Å². The van der Waals surface area contributed by atoms with Gasteiger partial charge in [-0.25, -0.2) is 4.98 Å². The molecule has 96 valence electrons. The van der Waals surface area contributed by atoms with Crippen molar-refractivity contribution in [3.63, 3.8) is 0 Å². The third kappa shape index (κ3) is 2.54. The molecule has 0 aliphatic heterocycles. The lowest BCUT2D eigenvalue weighted by Gasteiger charge is -2.30. The van der Waals surface area contributed by atoms with Gasteiger partial charge in [0.2, 0.25) is 0 Å². The van der Waals surface area contributed by atoms with Gasteiger partial charge in [0.05, 0.1) is 17.6 Å². The summed E-state index contributed by atoms with van der Waals surface area (Å²) in [5.74, 6) is 0. The molecule has 0 radical (unpaired) electrons. The maximum atomic E-state index is 4.33. The lowest BCUT2D eigenvalue weighted by atomic mass is 9.88. The molecule has 0 unspecified atom stereocenters. The molecule has 17 heavy (non-hydrogen) atoms. The monoisotopic (exact) mass is 235 g/mol. The molecule has 1 heterocycles. The minimum Gasteiger partial charge on any atom is -0.332 e. The lowest BCUT2D eigenvalue weighted by Crippen LogP contribution is -2.36. The Morgan fingerprint density at radius 2 is 2.06 bits per heavy atom. The Morgan fingerprint density at radius 3 is 2.65 bits per heavy atom. The summed E-state index contributed by atoms with van der Waals surface area (Å²) in [6.07, 6.45) is 9.45. The predicted molar refractivity (Wildman–Crippen MR) is 70.9 cm³/mol. The van der Waals surface area contributed by atoms with Crippen LogP contribution in [-0.4, -0.2) is 16.6 Å². The quantitative estimate of drug-likeness (QED) is 0.869. The molecule has 1 N–H and O–H groups in total. The summed E-state index contributed by atoms with van der Waals surface area (Å²) in [4.78, 5) is 4.33. The van der Waals surface area contributed by atoms with E-state index in [4.69, 9.17) is 0 Å². The van der Waals surface area contributed by atoms with Crippen LogP contribution >= 0.6 is 0 Å². The van der Waals surface area contributed by atoms with Gasteiger partial charge < -0.3 is 9.88 Å². The van der Waals surface area contributed by atoms with Crippen LogP contribution in [0.2, 0.25) is 0 Å². The zero-order valence-corrected chi connectivity index (χ0v) is 11.6. The zero-order valence-electron chi connectivity index (χ0n) is 11.6. The molecule has 0 bridgehead atoms. The van der Waals surface area contributed by atoms with Crippen molar-refractivity contribution in [1.29, 1.82) is 0 Å². The summed E-state index contributed by atoms with van der Waals surface area (Å²) in [7, 11) is 2.01. The van der Waals surface area contributed by atoms with Gasteiger partial charge in [0.25, 0.3) is 0 Å². The fourth-order valence-corrected chi connectivity index (χ4v) is 2.89. The van der Waals surface area contributed by atoms with Crippen LogP contribution in [0.4, 0.5) is 0 Å². The molecule has 1 aromatic heterocycles. The van der Waals surface area contributed by atoms with Crippen molar-refractivity contribution in [2.45, 2.75) is 58.5 Å². The summed E-state index contributed by atoms with van der Waals surface area (Å²) in [5, 5.41) is 3.36. The van der Waals surface area contributed by atoms with Crippen molar-refractivity contribution in [2.75, 3.05) is 7.05 Å². The molecule has 0 aromatic carbocycles. The van der Waals surface area contributed by atoms with Crippen LogP contribution in [-0.2, 0) is 12.1 Å². The third-order valence-corrected chi connectivity index (χ3v) is 4.34. The number of aromatic nitrogens is 2. The van der Waals surface area contributed by atoms with Gasteiger partial charge in [0, 0.05) is 12.7 Å². The largest absolute Gasteiger partial charge is 0.332 e. The molecule has 0 atom stereocenters. The molecular weight excluding hydrogens is 210 g/mol. The van der Waals surface area contributed by atoms with Crippen molar-refractivity contribution in [3.8, 4) is 0 Å². The molecular formula is C14H25N3. The minimum atomic E-state index is -0.00847. The summed E-state index contributed by atoms with van der Waals surface area (Å²) < 4.78 is 2.34. The Labute approximate surface area is 105 Å². The fourth-order valence-electron chi connectivity index (χ4n) is 2.89. The van der Waals surface area contributed by atoms with Crippen molar-refractivity contribution in [3.05, 3.63) is 18.2 Å². The summed E-state index contributed by atoms with van der Waals surface area (Å²) in [6, 6.07) is 0. The van der Waals surface area contributed by atoms with Gasteiger partial charge in [-0.05, 0) is 39.2 Å². The Bertz CT molecular complexity index is 373. The number of hydrogen-bond donors (Lipinski definition) is 1. The molecule has 3 nitrogen and oxygen atoms in total. The lowest BCUT2D eigenvalue weighted by molar-refractivity contribution is 0.267. The third-order valence-electron chi connectivity index (χ3n) is 4.34. The SMILES string of the molecule is CNC(C)(C)c1cncn1CC1(C)CCCC1. The molecule has 1 fully saturated rings. The van der Waals surface area contributed by atoms with Gasteiger partial charge >= 0.3 is 0 Å². The second-order valence-corrected chi connectivity index (χ2v) is 6.30. The Morgan fingerprint density at radius 1 is 1.41 bits per heavy atom. The molecule has 1 aliphatic carbocycles. The van der Waals surface area contributed by atoms with Crippen LogP contribution in [0.1, 0.15) is 52.1 Å². The molecule has 0 spiro atoms. The van der Waals surface area contributed by atoms with Gasteiger partial charge in [-0.15, -0.1) is 0 Å². The second kappa shape index (κ2) is 4.45. The molecule has 2 rings (SSSR count). The Kier molecular flexibility index (Phi) is 3.30. The number of rotatable bonds is 4. The smallest absolute Gasteiger partial charge is 0.0948 e. The van der Waals surface area contributed by atoms with Crippen molar-refractivity contribution < 1.29 is 0 Å². The van der Waals surface area contributed by atoms with E-state index in [0.29, 0.717) is 5.41 Å². The van der Waals surface area contributed by atoms with Gasteiger partial charge in [0.1, 0.15) is 0 Å². The number of imidazole rings is 1. The zero-order chi connectivity index (χ0) is 12.5. The van der Waals surface area contributed by atoms with E-state index in [0.717, 1.165) is 6.54 Å². The highest BCUT2D eigenvalue weighted by molar-refractivity contribution is 5.11. The highest BCUT2D eigenvalue weighted by atomic mass is 15.1. The van der Waals surface area contributed by atoms with Crippen LogP contribution < -0.4 is 5.32 Å². The maximum Gasteiger partial charge on any atom is 0.0948 e. The molecule has 3 heteroatoms. The molecule has 0 amide bonds. The van der Waals surface area contributed by atoms with E-state index in [1.165, 1.54) is 31.4 Å². The number of hydrogen-bond acceptors (Lipinski definition) is 2. The van der Waals surface area contributed by atoms with E-state index in [1.54, 1.807) is 0 Å². The van der Waals surface area contributed by atoms with Crippen LogP contribution in [0, 0.1) is 5.41 Å². The molecule has 1 aromatic rings. The average Bonchev–Trinajstić information content (AvgIpc) is 2.88.